The quantitative estimate of drug-likeness (QED) is 0.467. The lowest BCUT2D eigenvalue weighted by molar-refractivity contribution is -0.125. The molecule has 0 unspecified atom stereocenters. The molecule has 3 heterocycles. The SMILES string of the molecule is COC(=O)c1cn([C@@H]2C[C@@H](C(=O)NCCc3cccc(Cl)c3)N(C/C=C/c3ccco3)C2)nn1. The van der Waals surface area contributed by atoms with Crippen LogP contribution in [-0.4, -0.2) is 64.6 Å². The lowest BCUT2D eigenvalue weighted by atomic mass is 10.1. The topological polar surface area (TPSA) is 102 Å². The molecule has 1 N–H and O–H groups in total. The number of carbonyl (C=O) groups excluding carboxylic acids is 2. The summed E-state index contributed by atoms with van der Waals surface area (Å²) in [7, 11) is 1.30. The average Bonchev–Trinajstić information content (AvgIpc) is 3.59. The number of carbonyl (C=O) groups is 2. The molecule has 0 radical (unpaired) electrons. The molecule has 0 aliphatic carbocycles. The van der Waals surface area contributed by atoms with Gasteiger partial charge in [0.15, 0.2) is 5.69 Å². The van der Waals surface area contributed by atoms with Crippen molar-refractivity contribution in [2.24, 2.45) is 0 Å². The number of methoxy groups -OCH3 is 1. The fraction of sp³-hybridized carbons (Fsp3) is 0.333. The van der Waals surface area contributed by atoms with Crippen LogP contribution in [0.2, 0.25) is 5.02 Å². The second kappa shape index (κ2) is 11.1. The maximum Gasteiger partial charge on any atom is 0.360 e. The third-order valence-corrected chi connectivity index (χ3v) is 5.97. The molecule has 4 rings (SSSR count). The standard InChI is InChI=1S/C24H26ClN5O4/c1-33-24(32)21-16-30(28-27-21)19-14-22(29(15-19)11-3-7-20-8-4-12-34-20)23(31)26-10-9-17-5-2-6-18(25)13-17/h2-8,12-13,16,19,22H,9-11,14-15H2,1H3,(H,26,31)/b7-3+/t19-,22+/m1/s1. The summed E-state index contributed by atoms with van der Waals surface area (Å²) in [4.78, 5) is 26.9. The Balaban J connectivity index is 1.41. The Morgan fingerprint density at radius 1 is 1.32 bits per heavy atom. The first-order chi connectivity index (χ1) is 16.5. The molecule has 1 fully saturated rings. The van der Waals surface area contributed by atoms with Crippen molar-refractivity contribution in [2.75, 3.05) is 26.7 Å². The third-order valence-electron chi connectivity index (χ3n) is 5.73. The summed E-state index contributed by atoms with van der Waals surface area (Å²) in [5, 5.41) is 11.7. The number of aromatic nitrogens is 3. The molecular weight excluding hydrogens is 458 g/mol. The number of likely N-dealkylation sites (tertiary alicyclic amines) is 1. The fourth-order valence-corrected chi connectivity index (χ4v) is 4.24. The molecule has 3 aromatic rings. The Labute approximate surface area is 202 Å². The molecule has 2 atom stereocenters. The van der Waals surface area contributed by atoms with Crippen LogP contribution in [0.1, 0.15) is 34.3 Å². The molecule has 1 aliphatic rings. The Bertz CT molecular complexity index is 1140. The van der Waals surface area contributed by atoms with E-state index in [2.05, 4.69) is 20.5 Å². The van der Waals surface area contributed by atoms with Crippen LogP contribution in [0.3, 0.4) is 0 Å². The molecule has 34 heavy (non-hydrogen) atoms. The van der Waals surface area contributed by atoms with Crippen molar-refractivity contribution in [3.63, 3.8) is 0 Å². The number of ether oxygens (including phenoxy) is 1. The van der Waals surface area contributed by atoms with E-state index in [1.165, 1.54) is 7.11 Å². The Morgan fingerprint density at radius 3 is 2.97 bits per heavy atom. The van der Waals surface area contributed by atoms with Gasteiger partial charge in [0, 0.05) is 24.7 Å². The molecule has 10 heteroatoms. The number of nitrogens with zero attached hydrogens (tertiary/aromatic N) is 4. The van der Waals surface area contributed by atoms with E-state index in [9.17, 15) is 9.59 Å². The second-order valence-electron chi connectivity index (χ2n) is 8.02. The predicted molar refractivity (Wildman–Crippen MR) is 126 cm³/mol. The summed E-state index contributed by atoms with van der Waals surface area (Å²) >= 11 is 6.05. The summed E-state index contributed by atoms with van der Waals surface area (Å²) < 4.78 is 11.7. The molecule has 1 aliphatic heterocycles. The number of halogens is 1. The highest BCUT2D eigenvalue weighted by molar-refractivity contribution is 6.30. The predicted octanol–water partition coefficient (Wildman–Crippen LogP) is 3.00. The summed E-state index contributed by atoms with van der Waals surface area (Å²) in [5.41, 5.74) is 1.20. The van der Waals surface area contributed by atoms with Gasteiger partial charge < -0.3 is 14.5 Å². The van der Waals surface area contributed by atoms with E-state index in [-0.39, 0.29) is 23.7 Å². The van der Waals surface area contributed by atoms with E-state index in [0.717, 1.165) is 11.3 Å². The normalized spacial score (nSPS) is 18.4. The van der Waals surface area contributed by atoms with Crippen LogP contribution in [0.5, 0.6) is 0 Å². The van der Waals surface area contributed by atoms with Crippen molar-refractivity contribution in [1.29, 1.82) is 0 Å². The molecular formula is C24H26ClN5O4. The zero-order valence-electron chi connectivity index (χ0n) is 18.8. The van der Waals surface area contributed by atoms with Gasteiger partial charge >= 0.3 is 5.97 Å². The minimum absolute atomic E-state index is 0.0516. The molecule has 1 saturated heterocycles. The summed E-state index contributed by atoms with van der Waals surface area (Å²) in [6.07, 6.45) is 8.26. The highest BCUT2D eigenvalue weighted by Crippen LogP contribution is 2.27. The van der Waals surface area contributed by atoms with Crippen LogP contribution in [-0.2, 0) is 16.0 Å². The van der Waals surface area contributed by atoms with Crippen LogP contribution in [0, 0.1) is 0 Å². The third kappa shape index (κ3) is 5.92. The van der Waals surface area contributed by atoms with Gasteiger partial charge in [0.2, 0.25) is 5.91 Å². The van der Waals surface area contributed by atoms with Crippen LogP contribution < -0.4 is 5.32 Å². The van der Waals surface area contributed by atoms with E-state index in [1.54, 1.807) is 17.1 Å². The number of hydrogen-bond donors (Lipinski definition) is 1. The zero-order chi connectivity index (χ0) is 23.9. The van der Waals surface area contributed by atoms with Crippen molar-refractivity contribution in [3.8, 4) is 0 Å². The first-order valence-electron chi connectivity index (χ1n) is 11.0. The van der Waals surface area contributed by atoms with Crippen molar-refractivity contribution in [2.45, 2.75) is 24.9 Å². The highest BCUT2D eigenvalue weighted by atomic mass is 35.5. The van der Waals surface area contributed by atoms with Gasteiger partial charge in [-0.15, -0.1) is 5.10 Å². The van der Waals surface area contributed by atoms with Gasteiger partial charge in [-0.25, -0.2) is 9.48 Å². The minimum Gasteiger partial charge on any atom is -0.465 e. The van der Waals surface area contributed by atoms with E-state index < -0.39 is 5.97 Å². The van der Waals surface area contributed by atoms with Crippen molar-refractivity contribution in [1.82, 2.24) is 25.2 Å². The van der Waals surface area contributed by atoms with Crippen molar-refractivity contribution < 1.29 is 18.7 Å². The van der Waals surface area contributed by atoms with E-state index in [4.69, 9.17) is 20.8 Å². The van der Waals surface area contributed by atoms with E-state index in [1.807, 2.05) is 48.6 Å². The molecule has 9 nitrogen and oxygen atoms in total. The van der Waals surface area contributed by atoms with E-state index in [0.29, 0.717) is 37.5 Å². The number of nitrogens with one attached hydrogen (secondary N) is 1. The van der Waals surface area contributed by atoms with Crippen LogP contribution >= 0.6 is 11.6 Å². The zero-order valence-corrected chi connectivity index (χ0v) is 19.5. The maximum atomic E-state index is 13.1. The monoisotopic (exact) mass is 483 g/mol. The molecule has 178 valence electrons. The largest absolute Gasteiger partial charge is 0.465 e. The molecule has 0 bridgehead atoms. The number of furan rings is 1. The number of esters is 1. The Morgan fingerprint density at radius 2 is 2.21 bits per heavy atom. The number of hydrogen-bond acceptors (Lipinski definition) is 7. The Kier molecular flexibility index (Phi) is 7.76. The molecule has 0 saturated carbocycles. The number of rotatable bonds is 9. The average molecular weight is 484 g/mol. The van der Waals surface area contributed by atoms with Crippen molar-refractivity contribution >= 4 is 29.6 Å². The van der Waals surface area contributed by atoms with Gasteiger partial charge in [0.25, 0.3) is 0 Å². The molecule has 1 amide bonds. The molecule has 1 aromatic carbocycles. The van der Waals surface area contributed by atoms with Gasteiger partial charge in [-0.1, -0.05) is 35.0 Å². The van der Waals surface area contributed by atoms with Crippen LogP contribution in [0.4, 0.5) is 0 Å². The van der Waals surface area contributed by atoms with Gasteiger partial charge in [-0.3, -0.25) is 9.69 Å². The lowest BCUT2D eigenvalue weighted by Gasteiger charge is -2.21. The van der Waals surface area contributed by atoms with Crippen LogP contribution in [0.15, 0.2) is 59.4 Å². The van der Waals surface area contributed by atoms with Crippen molar-refractivity contribution in [3.05, 3.63) is 77.0 Å². The smallest absolute Gasteiger partial charge is 0.360 e. The van der Waals surface area contributed by atoms with Gasteiger partial charge in [0.05, 0.1) is 31.7 Å². The lowest BCUT2D eigenvalue weighted by Crippen LogP contribution is -2.43. The minimum atomic E-state index is -0.544. The fourth-order valence-electron chi connectivity index (χ4n) is 4.03. The molecule has 0 spiro atoms. The summed E-state index contributed by atoms with van der Waals surface area (Å²) in [6.45, 7) is 1.65. The number of benzene rings is 1. The second-order valence-corrected chi connectivity index (χ2v) is 8.46. The van der Waals surface area contributed by atoms with E-state index >= 15 is 0 Å². The van der Waals surface area contributed by atoms with Crippen LogP contribution in [0.25, 0.3) is 6.08 Å². The summed E-state index contributed by atoms with van der Waals surface area (Å²) in [6, 6.07) is 10.8. The van der Waals surface area contributed by atoms with Gasteiger partial charge in [-0.05, 0) is 48.7 Å². The number of amides is 1. The maximum absolute atomic E-state index is 13.1. The first-order valence-corrected chi connectivity index (χ1v) is 11.4. The Hall–Kier alpha value is -3.43. The summed E-state index contributed by atoms with van der Waals surface area (Å²) in [5.74, 6) is 0.152. The highest BCUT2D eigenvalue weighted by Gasteiger charge is 2.37. The first kappa shape index (κ1) is 23.7. The van der Waals surface area contributed by atoms with Gasteiger partial charge in [0.1, 0.15) is 5.76 Å². The molecule has 2 aromatic heterocycles. The van der Waals surface area contributed by atoms with Gasteiger partial charge in [-0.2, -0.15) is 0 Å².